The number of carbonyl (C=O) groups is 2. The maximum Gasteiger partial charge on any atom is 0.328 e. The van der Waals surface area contributed by atoms with Crippen molar-refractivity contribution in [3.05, 3.63) is 59.5 Å². The topological polar surface area (TPSA) is 77.5 Å². The average Bonchev–Trinajstić information content (AvgIpc) is 2.61. The number of esters is 1. The smallest absolute Gasteiger partial charge is 0.328 e. The number of nitrogens with zero attached hydrogens (tertiary/aromatic N) is 1. The second-order valence-corrected chi connectivity index (χ2v) is 4.93. The maximum atomic E-state index is 12.9. The zero-order chi connectivity index (χ0) is 17.5. The van der Waals surface area contributed by atoms with Gasteiger partial charge in [-0.15, -0.1) is 0 Å². The van der Waals surface area contributed by atoms with E-state index in [1.54, 1.807) is 18.3 Å². The molecule has 7 heteroatoms. The molecule has 0 aliphatic carbocycles. The summed E-state index contributed by atoms with van der Waals surface area (Å²) in [7, 11) is 2.70. The van der Waals surface area contributed by atoms with E-state index >= 15 is 0 Å². The molecule has 1 aromatic carbocycles. The third-order valence-electron chi connectivity index (χ3n) is 3.36. The Hall–Kier alpha value is -2.96. The van der Waals surface area contributed by atoms with E-state index in [4.69, 9.17) is 9.47 Å². The molecule has 0 spiro atoms. The molecule has 0 radical (unpaired) electrons. The van der Waals surface area contributed by atoms with Crippen LogP contribution in [0.4, 0.5) is 4.39 Å². The Morgan fingerprint density at radius 1 is 1.21 bits per heavy atom. The number of nitrogens with one attached hydrogen (secondary N) is 1. The lowest BCUT2D eigenvalue weighted by Gasteiger charge is -2.17. The molecule has 6 nitrogen and oxygen atoms in total. The van der Waals surface area contributed by atoms with E-state index < -0.39 is 23.7 Å². The van der Waals surface area contributed by atoms with Gasteiger partial charge < -0.3 is 14.8 Å². The van der Waals surface area contributed by atoms with E-state index in [2.05, 4.69) is 10.3 Å². The summed E-state index contributed by atoms with van der Waals surface area (Å²) in [5.41, 5.74) is 0.887. The predicted molar refractivity (Wildman–Crippen MR) is 84.2 cm³/mol. The van der Waals surface area contributed by atoms with Gasteiger partial charge in [-0.3, -0.25) is 4.79 Å². The van der Waals surface area contributed by atoms with Crippen LogP contribution in [0.15, 0.2) is 42.6 Å². The first-order chi connectivity index (χ1) is 11.5. The van der Waals surface area contributed by atoms with Crippen LogP contribution in [-0.2, 0) is 16.0 Å². The van der Waals surface area contributed by atoms with E-state index in [-0.39, 0.29) is 12.0 Å². The van der Waals surface area contributed by atoms with Gasteiger partial charge in [0, 0.05) is 23.7 Å². The third kappa shape index (κ3) is 4.28. The quantitative estimate of drug-likeness (QED) is 0.816. The van der Waals surface area contributed by atoms with Crippen LogP contribution < -0.4 is 10.1 Å². The number of pyridine rings is 1. The summed E-state index contributed by atoms with van der Waals surface area (Å²) in [4.78, 5) is 28.3. The van der Waals surface area contributed by atoms with Gasteiger partial charge in [0.1, 0.15) is 11.9 Å². The lowest BCUT2D eigenvalue weighted by atomic mass is 10.1. The largest absolute Gasteiger partial charge is 0.481 e. The third-order valence-corrected chi connectivity index (χ3v) is 3.36. The van der Waals surface area contributed by atoms with E-state index in [1.807, 2.05) is 0 Å². The molecule has 0 bridgehead atoms. The molecule has 24 heavy (non-hydrogen) atoms. The molecule has 1 heterocycles. The molecule has 0 saturated heterocycles. The lowest BCUT2D eigenvalue weighted by molar-refractivity contribution is -0.142. The van der Waals surface area contributed by atoms with Crippen molar-refractivity contribution in [1.82, 2.24) is 10.3 Å². The normalized spacial score (nSPS) is 11.5. The van der Waals surface area contributed by atoms with E-state index in [0.717, 1.165) is 0 Å². The van der Waals surface area contributed by atoms with Gasteiger partial charge in [-0.25, -0.2) is 14.2 Å². The summed E-state index contributed by atoms with van der Waals surface area (Å²) >= 11 is 0. The van der Waals surface area contributed by atoms with Gasteiger partial charge in [0.05, 0.1) is 14.2 Å². The molecule has 126 valence electrons. The molecular weight excluding hydrogens is 315 g/mol. The molecule has 0 saturated carbocycles. The standard InChI is InChI=1S/C17H17FN2O4/c1-23-16-12(4-3-9-19-16)10-14(17(22)24-2)20-15(21)11-5-7-13(18)8-6-11/h3-9,14H,10H2,1-2H3,(H,20,21)/t14-/m1/s1. The SMILES string of the molecule is COC(=O)[C@@H](Cc1cccnc1OC)NC(=O)c1ccc(F)cc1. The van der Waals surface area contributed by atoms with Gasteiger partial charge in [-0.1, -0.05) is 6.07 Å². The van der Waals surface area contributed by atoms with Crippen molar-refractivity contribution in [2.45, 2.75) is 12.5 Å². The Bertz CT molecular complexity index is 719. The van der Waals surface area contributed by atoms with Gasteiger partial charge in [0.15, 0.2) is 0 Å². The Morgan fingerprint density at radius 2 is 1.92 bits per heavy atom. The van der Waals surface area contributed by atoms with Gasteiger partial charge >= 0.3 is 5.97 Å². The highest BCUT2D eigenvalue weighted by Gasteiger charge is 2.24. The summed E-state index contributed by atoms with van der Waals surface area (Å²) in [5, 5.41) is 2.58. The minimum atomic E-state index is -0.925. The number of aromatic nitrogens is 1. The van der Waals surface area contributed by atoms with Crippen molar-refractivity contribution in [3.63, 3.8) is 0 Å². The first kappa shape index (κ1) is 17.4. The number of hydrogen-bond donors (Lipinski definition) is 1. The number of methoxy groups -OCH3 is 2. The number of benzene rings is 1. The molecule has 0 unspecified atom stereocenters. The highest BCUT2D eigenvalue weighted by molar-refractivity contribution is 5.96. The van der Waals surface area contributed by atoms with E-state index in [0.29, 0.717) is 11.4 Å². The van der Waals surface area contributed by atoms with E-state index in [9.17, 15) is 14.0 Å². The number of ether oxygens (including phenoxy) is 2. The maximum absolute atomic E-state index is 12.9. The van der Waals surface area contributed by atoms with Gasteiger partial charge in [0.25, 0.3) is 5.91 Å². The zero-order valence-electron chi connectivity index (χ0n) is 13.3. The fraction of sp³-hybridized carbons (Fsp3) is 0.235. The molecule has 0 fully saturated rings. The van der Waals surface area contributed by atoms with Gasteiger partial charge in [-0.2, -0.15) is 0 Å². The number of halogens is 1. The number of rotatable bonds is 6. The minimum absolute atomic E-state index is 0.149. The lowest BCUT2D eigenvalue weighted by Crippen LogP contribution is -2.43. The summed E-state index contributed by atoms with van der Waals surface area (Å²) in [6, 6.07) is 7.54. The van der Waals surface area contributed by atoms with Crippen molar-refractivity contribution in [3.8, 4) is 5.88 Å². The molecule has 1 N–H and O–H groups in total. The van der Waals surface area contributed by atoms with Crippen LogP contribution >= 0.6 is 0 Å². The van der Waals surface area contributed by atoms with Crippen LogP contribution in [0.3, 0.4) is 0 Å². The van der Waals surface area contributed by atoms with E-state index in [1.165, 1.54) is 38.5 Å². The number of hydrogen-bond acceptors (Lipinski definition) is 5. The first-order valence-corrected chi connectivity index (χ1v) is 7.17. The van der Waals surface area contributed by atoms with Crippen LogP contribution in [-0.4, -0.2) is 37.1 Å². The number of amides is 1. The summed E-state index contributed by atoms with van der Waals surface area (Å²) in [5.74, 6) is -1.19. The Morgan fingerprint density at radius 3 is 2.54 bits per heavy atom. The molecule has 0 aliphatic heterocycles. The Labute approximate surface area is 138 Å². The Kier molecular flexibility index (Phi) is 5.83. The highest BCUT2D eigenvalue weighted by atomic mass is 19.1. The molecule has 2 aromatic rings. The zero-order valence-corrected chi connectivity index (χ0v) is 13.3. The van der Waals surface area contributed by atoms with Crippen molar-refractivity contribution >= 4 is 11.9 Å². The van der Waals surface area contributed by atoms with Gasteiger partial charge in [-0.05, 0) is 30.3 Å². The monoisotopic (exact) mass is 332 g/mol. The van der Waals surface area contributed by atoms with Crippen molar-refractivity contribution in [2.24, 2.45) is 0 Å². The van der Waals surface area contributed by atoms with Crippen LogP contribution in [0.5, 0.6) is 5.88 Å². The number of carbonyl (C=O) groups excluding carboxylic acids is 2. The fourth-order valence-corrected chi connectivity index (χ4v) is 2.16. The van der Waals surface area contributed by atoms with Gasteiger partial charge in [0.2, 0.25) is 5.88 Å². The average molecular weight is 332 g/mol. The molecular formula is C17H17FN2O4. The molecule has 0 aliphatic rings. The summed E-state index contributed by atoms with van der Waals surface area (Å²) < 4.78 is 22.8. The van der Waals surface area contributed by atoms with Crippen LogP contribution in [0, 0.1) is 5.82 Å². The van der Waals surface area contributed by atoms with Crippen molar-refractivity contribution in [2.75, 3.05) is 14.2 Å². The fourth-order valence-electron chi connectivity index (χ4n) is 2.16. The molecule has 1 aromatic heterocycles. The molecule has 2 rings (SSSR count). The van der Waals surface area contributed by atoms with Crippen LogP contribution in [0.25, 0.3) is 0 Å². The van der Waals surface area contributed by atoms with Crippen LogP contribution in [0.1, 0.15) is 15.9 Å². The predicted octanol–water partition coefficient (Wildman–Crippen LogP) is 1.74. The Balaban J connectivity index is 2.18. The first-order valence-electron chi connectivity index (χ1n) is 7.17. The summed E-state index contributed by atoms with van der Waals surface area (Å²) in [6.07, 6.45) is 1.71. The van der Waals surface area contributed by atoms with Crippen molar-refractivity contribution in [1.29, 1.82) is 0 Å². The molecule has 1 atom stereocenters. The second-order valence-electron chi connectivity index (χ2n) is 4.93. The van der Waals surface area contributed by atoms with Crippen molar-refractivity contribution < 1.29 is 23.5 Å². The highest BCUT2D eigenvalue weighted by Crippen LogP contribution is 2.16. The summed E-state index contributed by atoms with van der Waals surface area (Å²) in [6.45, 7) is 0. The van der Waals surface area contributed by atoms with Crippen LogP contribution in [0.2, 0.25) is 0 Å². The molecule has 1 amide bonds. The minimum Gasteiger partial charge on any atom is -0.481 e. The second kappa shape index (κ2) is 8.05.